The van der Waals surface area contributed by atoms with Gasteiger partial charge in [0.1, 0.15) is 11.6 Å². The lowest BCUT2D eigenvalue weighted by Crippen LogP contribution is -2.42. The van der Waals surface area contributed by atoms with Gasteiger partial charge in [0.25, 0.3) is 0 Å². The summed E-state index contributed by atoms with van der Waals surface area (Å²) in [5, 5.41) is 5.87. The number of hydrogen-bond acceptors (Lipinski definition) is 8. The Labute approximate surface area is 273 Å². The highest BCUT2D eigenvalue weighted by Gasteiger charge is 2.25. The molecule has 0 spiro atoms. The van der Waals surface area contributed by atoms with Gasteiger partial charge in [0, 0.05) is 36.2 Å². The zero-order valence-corrected chi connectivity index (χ0v) is 27.3. The third-order valence-electron chi connectivity index (χ3n) is 7.34. The molecule has 4 N–H and O–H groups in total. The molecule has 47 heavy (non-hydrogen) atoms. The van der Waals surface area contributed by atoms with E-state index in [1.54, 1.807) is 56.6 Å². The van der Waals surface area contributed by atoms with Gasteiger partial charge in [0.05, 0.1) is 23.6 Å². The van der Waals surface area contributed by atoms with Gasteiger partial charge >= 0.3 is 0 Å². The molecule has 0 fully saturated rings. The smallest absolute Gasteiger partial charge is 0.234 e. The number of rotatable bonds is 12. The fraction of sp³-hybridized carbons (Fsp3) is 0.235. The van der Waals surface area contributed by atoms with E-state index >= 15 is 0 Å². The molecule has 13 heteroatoms. The van der Waals surface area contributed by atoms with Crippen molar-refractivity contribution < 1.29 is 27.1 Å². The normalized spacial score (nSPS) is 12.3. The maximum Gasteiger partial charge on any atom is 0.234 e. The van der Waals surface area contributed by atoms with Crippen molar-refractivity contribution in [1.29, 1.82) is 0 Å². The summed E-state index contributed by atoms with van der Waals surface area (Å²) in [6.45, 7) is 2.36. The summed E-state index contributed by atoms with van der Waals surface area (Å²) < 4.78 is 42.9. The van der Waals surface area contributed by atoms with E-state index in [0.29, 0.717) is 24.2 Å². The van der Waals surface area contributed by atoms with E-state index in [1.807, 2.05) is 12.1 Å². The summed E-state index contributed by atoms with van der Waals surface area (Å²) in [4.78, 5) is 36.1. The number of guanidine groups is 1. The molecule has 0 aliphatic carbocycles. The molecule has 0 bridgehead atoms. The van der Waals surface area contributed by atoms with Crippen LogP contribution in [0.4, 0.5) is 21.6 Å². The minimum Gasteiger partial charge on any atom is -0.495 e. The number of halogens is 1. The number of methoxy groups -OCH3 is 1. The Morgan fingerprint density at radius 2 is 1.70 bits per heavy atom. The van der Waals surface area contributed by atoms with Crippen LogP contribution in [0.25, 0.3) is 11.1 Å². The molecule has 0 aliphatic heterocycles. The van der Waals surface area contributed by atoms with E-state index in [0.717, 1.165) is 17.4 Å². The number of sulfone groups is 1. The summed E-state index contributed by atoms with van der Waals surface area (Å²) >= 11 is 0. The van der Waals surface area contributed by atoms with Crippen molar-refractivity contribution in [3.63, 3.8) is 0 Å². The summed E-state index contributed by atoms with van der Waals surface area (Å²) in [5.74, 6) is -1.19. The molecular weight excluding hydrogens is 623 g/mol. The van der Waals surface area contributed by atoms with Crippen LogP contribution in [-0.4, -0.2) is 58.1 Å². The lowest BCUT2D eigenvalue weighted by atomic mass is 10.00. The summed E-state index contributed by atoms with van der Waals surface area (Å²) in [7, 11) is -0.372. The second kappa shape index (κ2) is 15.4. The van der Waals surface area contributed by atoms with E-state index in [4.69, 9.17) is 10.5 Å². The molecule has 4 aromatic rings. The van der Waals surface area contributed by atoms with Gasteiger partial charge < -0.3 is 21.1 Å². The van der Waals surface area contributed by atoms with Crippen LogP contribution in [0.15, 0.2) is 94.9 Å². The first kappa shape index (κ1) is 34.7. The molecule has 0 aliphatic rings. The highest BCUT2D eigenvalue weighted by Crippen LogP contribution is 2.32. The Bertz CT molecular complexity index is 1850. The van der Waals surface area contributed by atoms with Gasteiger partial charge in [-0.1, -0.05) is 24.3 Å². The van der Waals surface area contributed by atoms with E-state index in [9.17, 15) is 22.4 Å². The summed E-state index contributed by atoms with van der Waals surface area (Å²) in [6, 6.07) is 20.7. The van der Waals surface area contributed by atoms with Crippen molar-refractivity contribution in [3.05, 3.63) is 96.4 Å². The summed E-state index contributed by atoms with van der Waals surface area (Å²) in [6.07, 6.45) is 3.36. The van der Waals surface area contributed by atoms with Crippen LogP contribution in [0.2, 0.25) is 0 Å². The Morgan fingerprint density at radius 3 is 2.30 bits per heavy atom. The number of aromatic nitrogens is 1. The monoisotopic (exact) mass is 660 g/mol. The average Bonchev–Trinajstić information content (AvgIpc) is 3.05. The average molecular weight is 661 g/mol. The van der Waals surface area contributed by atoms with E-state index in [1.165, 1.54) is 42.3 Å². The number of ether oxygens (including phenoxy) is 1. The highest BCUT2D eigenvalue weighted by molar-refractivity contribution is 7.90. The molecule has 0 saturated carbocycles. The van der Waals surface area contributed by atoms with E-state index in [2.05, 4.69) is 20.6 Å². The van der Waals surface area contributed by atoms with Crippen molar-refractivity contribution in [3.8, 4) is 16.9 Å². The molecule has 0 saturated heterocycles. The fourth-order valence-corrected chi connectivity index (χ4v) is 5.31. The molecular formula is C34H37FN6O5S. The van der Waals surface area contributed by atoms with Gasteiger partial charge in [-0.2, -0.15) is 4.99 Å². The van der Waals surface area contributed by atoms with Crippen molar-refractivity contribution in [2.24, 2.45) is 10.7 Å². The van der Waals surface area contributed by atoms with Crippen LogP contribution in [-0.2, 0) is 19.4 Å². The minimum atomic E-state index is -3.53. The molecule has 3 aromatic carbocycles. The number of hydrogen-bond donors (Lipinski definition) is 3. The predicted octanol–water partition coefficient (Wildman–Crippen LogP) is 5.02. The van der Waals surface area contributed by atoms with Gasteiger partial charge in [-0.3, -0.25) is 9.59 Å². The summed E-state index contributed by atoms with van der Waals surface area (Å²) in [5.41, 5.74) is 9.55. The second-order valence-electron chi connectivity index (χ2n) is 10.8. The Kier molecular flexibility index (Phi) is 11.4. The zero-order valence-electron chi connectivity index (χ0n) is 26.5. The molecule has 1 atom stereocenters. The van der Waals surface area contributed by atoms with Crippen LogP contribution in [0.5, 0.6) is 5.75 Å². The molecule has 2 amide bonds. The number of nitrogens with two attached hydrogens (primary N) is 1. The van der Waals surface area contributed by atoms with Gasteiger partial charge in [0.15, 0.2) is 15.7 Å². The molecule has 11 nitrogen and oxygen atoms in total. The third kappa shape index (κ3) is 8.99. The van der Waals surface area contributed by atoms with E-state index < -0.39 is 15.8 Å². The first-order valence-electron chi connectivity index (χ1n) is 14.7. The molecule has 4 rings (SSSR count). The van der Waals surface area contributed by atoms with Crippen LogP contribution in [0, 0.1) is 5.82 Å². The first-order valence-corrected chi connectivity index (χ1v) is 16.6. The Morgan fingerprint density at radius 1 is 1.02 bits per heavy atom. The number of carbonyl (C=O) groups excluding carboxylic acids is 2. The van der Waals surface area contributed by atoms with Crippen molar-refractivity contribution >= 4 is 44.8 Å². The van der Waals surface area contributed by atoms with Crippen molar-refractivity contribution in [1.82, 2.24) is 10.3 Å². The van der Waals surface area contributed by atoms with Crippen molar-refractivity contribution in [2.75, 3.05) is 37.2 Å². The number of benzene rings is 3. The number of nitrogens with one attached hydrogen (secondary N) is 2. The van der Waals surface area contributed by atoms with E-state index in [-0.39, 0.29) is 52.2 Å². The fourth-order valence-electron chi connectivity index (χ4n) is 4.68. The number of anilines is 2. The number of carbonyl (C=O) groups is 2. The van der Waals surface area contributed by atoms with Crippen molar-refractivity contribution in [2.45, 2.75) is 30.6 Å². The van der Waals surface area contributed by atoms with Gasteiger partial charge in [0.2, 0.25) is 17.8 Å². The highest BCUT2D eigenvalue weighted by atomic mass is 32.2. The number of aliphatic imine (C=N–C) groups is 1. The van der Waals surface area contributed by atoms with Crippen LogP contribution >= 0.6 is 0 Å². The number of amides is 2. The molecule has 0 radical (unpaired) electrons. The third-order valence-corrected chi connectivity index (χ3v) is 8.45. The SMILES string of the molecule is CNCCCC(=O)N(C(N)=Nc1ccc(-c2ccc(NC(=O)C(C)c3ccc(F)cc3)cc2)cn1)c1ccc(S(C)(=O)=O)cc1OC. The predicted molar refractivity (Wildman–Crippen MR) is 181 cm³/mol. The Balaban J connectivity index is 1.53. The zero-order chi connectivity index (χ0) is 34.1. The topological polar surface area (TPSA) is 156 Å². The Hall–Kier alpha value is -5.14. The largest absolute Gasteiger partial charge is 0.495 e. The number of nitrogens with zero attached hydrogens (tertiary/aromatic N) is 3. The quantitative estimate of drug-likeness (QED) is 0.109. The minimum absolute atomic E-state index is 0.0309. The number of pyridine rings is 1. The second-order valence-corrected chi connectivity index (χ2v) is 12.8. The van der Waals surface area contributed by atoms with Crippen LogP contribution in [0.1, 0.15) is 31.2 Å². The van der Waals surface area contributed by atoms with Gasteiger partial charge in [-0.25, -0.2) is 22.7 Å². The lowest BCUT2D eigenvalue weighted by Gasteiger charge is -2.24. The first-order chi connectivity index (χ1) is 22.4. The maximum atomic E-state index is 13.4. The van der Waals surface area contributed by atoms with Gasteiger partial charge in [-0.05, 0) is 86.6 Å². The lowest BCUT2D eigenvalue weighted by molar-refractivity contribution is -0.118. The standard InChI is InChI=1S/C34H37FN6O5S/c1-22(23-7-12-26(35)13-8-23)33(43)39-27-14-9-24(10-15-27)25-11-18-31(38-21-25)40-34(36)41(32(42)6-5-19-37-2)29-17-16-28(47(4,44)45)20-30(29)46-3/h7-18,20-22,37H,5-6,19H2,1-4H3,(H,39,43)(H2,36,38,40). The van der Waals surface area contributed by atoms with Crippen LogP contribution in [0.3, 0.4) is 0 Å². The molecule has 1 unspecified atom stereocenters. The molecule has 1 aromatic heterocycles. The van der Waals surface area contributed by atoms with Crippen LogP contribution < -0.4 is 26.0 Å². The van der Waals surface area contributed by atoms with Gasteiger partial charge in [-0.15, -0.1) is 0 Å². The molecule has 246 valence electrons. The maximum absolute atomic E-state index is 13.4. The molecule has 1 heterocycles.